The summed E-state index contributed by atoms with van der Waals surface area (Å²) in [7, 11) is -4.11. The number of halogens is 2. The van der Waals surface area contributed by atoms with Crippen molar-refractivity contribution in [2.45, 2.75) is 16.1 Å². The van der Waals surface area contributed by atoms with E-state index in [1.807, 2.05) is 0 Å². The zero-order valence-electron chi connectivity index (χ0n) is 12.6. The van der Waals surface area contributed by atoms with E-state index >= 15 is 0 Å². The average molecular weight is 380 g/mol. The number of benzene rings is 2. The van der Waals surface area contributed by atoms with Crippen LogP contribution in [0.2, 0.25) is 5.02 Å². The third kappa shape index (κ3) is 2.58. The molecule has 2 aromatic rings. The lowest BCUT2D eigenvalue weighted by molar-refractivity contribution is -0.141. The molecule has 0 amide bonds. The van der Waals surface area contributed by atoms with Gasteiger partial charge in [-0.1, -0.05) is 23.7 Å². The van der Waals surface area contributed by atoms with Gasteiger partial charge in [-0.05, 0) is 42.0 Å². The molecule has 5 nitrogen and oxygen atoms in total. The Hall–Kier alpha value is -2.43. The first kappa shape index (κ1) is 17.4. The highest BCUT2D eigenvalue weighted by molar-refractivity contribution is 7.92. The third-order valence-electron chi connectivity index (χ3n) is 4.38. The zero-order chi connectivity index (χ0) is 18.4. The fourth-order valence-electron chi connectivity index (χ4n) is 3.09. The Morgan fingerprint density at radius 3 is 2.20 bits per heavy atom. The minimum absolute atomic E-state index is 0.118. The summed E-state index contributed by atoms with van der Waals surface area (Å²) in [6.45, 7) is 0. The molecule has 2 aromatic carbocycles. The van der Waals surface area contributed by atoms with Gasteiger partial charge in [-0.25, -0.2) is 12.8 Å². The fourth-order valence-corrected chi connectivity index (χ4v) is 5.47. The lowest BCUT2D eigenvalue weighted by Gasteiger charge is -2.05. The van der Waals surface area contributed by atoms with Crippen molar-refractivity contribution in [3.8, 4) is 6.07 Å². The number of nitriles is 1. The molecule has 0 aromatic heterocycles. The van der Waals surface area contributed by atoms with Crippen molar-refractivity contribution in [2.24, 2.45) is 5.41 Å². The van der Waals surface area contributed by atoms with Gasteiger partial charge in [0.25, 0.3) is 0 Å². The molecule has 0 spiro atoms. The van der Waals surface area contributed by atoms with Gasteiger partial charge in [0.05, 0.1) is 11.0 Å². The standard InChI is InChI=1S/C17H11ClFNO4S/c18-11-3-7-13(8-4-11)25(23,24)15-14(17(15,9-20)16(21)22)10-1-5-12(19)6-2-10/h1-8,14-15H,(H,21,22). The normalized spacial score (nSPS) is 25.2. The van der Waals surface area contributed by atoms with E-state index in [0.717, 1.165) is 12.1 Å². The first-order valence-electron chi connectivity index (χ1n) is 7.14. The highest BCUT2D eigenvalue weighted by Gasteiger charge is 2.77. The molecule has 25 heavy (non-hydrogen) atoms. The van der Waals surface area contributed by atoms with Crippen LogP contribution in [0.3, 0.4) is 0 Å². The molecule has 128 valence electrons. The largest absolute Gasteiger partial charge is 0.480 e. The molecule has 3 rings (SSSR count). The lowest BCUT2D eigenvalue weighted by Crippen LogP contribution is -2.22. The number of carboxylic acid groups (broad SMARTS) is 1. The number of nitrogens with zero attached hydrogens (tertiary/aromatic N) is 1. The van der Waals surface area contributed by atoms with Crippen LogP contribution in [-0.4, -0.2) is 24.7 Å². The maximum atomic E-state index is 13.1. The Bertz CT molecular complexity index is 983. The molecule has 8 heteroatoms. The summed E-state index contributed by atoms with van der Waals surface area (Å²) in [4.78, 5) is 11.6. The second kappa shape index (κ2) is 5.83. The number of carboxylic acids is 1. The quantitative estimate of drug-likeness (QED) is 0.880. The topological polar surface area (TPSA) is 95.2 Å². The maximum absolute atomic E-state index is 13.1. The Balaban J connectivity index is 2.12. The van der Waals surface area contributed by atoms with E-state index < -0.39 is 38.2 Å². The molecule has 1 aliphatic rings. The zero-order valence-corrected chi connectivity index (χ0v) is 14.1. The number of hydrogen-bond donors (Lipinski definition) is 1. The van der Waals surface area contributed by atoms with Crippen molar-refractivity contribution < 1.29 is 22.7 Å². The van der Waals surface area contributed by atoms with E-state index in [4.69, 9.17) is 11.6 Å². The van der Waals surface area contributed by atoms with Crippen molar-refractivity contribution in [1.82, 2.24) is 0 Å². The van der Waals surface area contributed by atoms with Crippen LogP contribution in [0, 0.1) is 22.6 Å². The van der Waals surface area contributed by atoms with Crippen molar-refractivity contribution >= 4 is 27.4 Å². The first-order valence-corrected chi connectivity index (χ1v) is 9.07. The predicted molar refractivity (Wildman–Crippen MR) is 87.2 cm³/mol. The average Bonchev–Trinajstić information content (AvgIpc) is 3.27. The van der Waals surface area contributed by atoms with Crippen molar-refractivity contribution in [2.75, 3.05) is 0 Å². The minimum atomic E-state index is -4.11. The SMILES string of the molecule is N#CC1(C(=O)O)C(c2ccc(F)cc2)C1S(=O)(=O)c1ccc(Cl)cc1. The van der Waals surface area contributed by atoms with Gasteiger partial charge in [0.2, 0.25) is 0 Å². The number of carbonyl (C=O) groups is 1. The third-order valence-corrected chi connectivity index (χ3v) is 6.87. The van der Waals surface area contributed by atoms with Crippen molar-refractivity contribution in [3.63, 3.8) is 0 Å². The van der Waals surface area contributed by atoms with E-state index in [1.54, 1.807) is 6.07 Å². The summed E-state index contributed by atoms with van der Waals surface area (Å²) < 4.78 is 38.9. The van der Waals surface area contributed by atoms with Gasteiger partial charge in [0, 0.05) is 10.9 Å². The smallest absolute Gasteiger partial charge is 0.326 e. The minimum Gasteiger partial charge on any atom is -0.480 e. The summed E-state index contributed by atoms with van der Waals surface area (Å²) in [6, 6.07) is 11.7. The highest BCUT2D eigenvalue weighted by Crippen LogP contribution is 2.64. The molecule has 3 atom stereocenters. The summed E-state index contributed by atoms with van der Waals surface area (Å²) in [5, 5.41) is 17.8. The van der Waals surface area contributed by atoms with E-state index in [0.29, 0.717) is 5.02 Å². The molecule has 0 radical (unpaired) electrons. The Morgan fingerprint density at radius 2 is 1.72 bits per heavy atom. The van der Waals surface area contributed by atoms with Crippen molar-refractivity contribution in [3.05, 3.63) is 64.9 Å². The number of rotatable bonds is 4. The van der Waals surface area contributed by atoms with E-state index in [2.05, 4.69) is 0 Å². The summed E-state index contributed by atoms with van der Waals surface area (Å²) in [5.41, 5.74) is -1.83. The van der Waals surface area contributed by atoms with Gasteiger partial charge >= 0.3 is 5.97 Å². The molecule has 0 aliphatic heterocycles. The Morgan fingerprint density at radius 1 is 1.16 bits per heavy atom. The number of sulfone groups is 1. The molecule has 0 bridgehead atoms. The van der Waals surface area contributed by atoms with Crippen LogP contribution in [-0.2, 0) is 14.6 Å². The molecule has 1 aliphatic carbocycles. The molecule has 0 saturated heterocycles. The van der Waals surface area contributed by atoms with Gasteiger partial charge < -0.3 is 5.11 Å². The molecule has 1 saturated carbocycles. The monoisotopic (exact) mass is 379 g/mol. The van der Waals surface area contributed by atoms with Crippen molar-refractivity contribution in [1.29, 1.82) is 5.26 Å². The molecular formula is C17H11ClFNO4S. The van der Waals surface area contributed by atoms with E-state index in [-0.39, 0.29) is 10.5 Å². The number of hydrogen-bond acceptors (Lipinski definition) is 4. The Kier molecular flexibility index (Phi) is 4.06. The second-order valence-electron chi connectivity index (χ2n) is 5.73. The number of aliphatic carboxylic acids is 1. The first-order chi connectivity index (χ1) is 11.7. The highest BCUT2D eigenvalue weighted by atomic mass is 35.5. The predicted octanol–water partition coefficient (Wildman–Crippen LogP) is 3.01. The molecule has 1 fully saturated rings. The maximum Gasteiger partial charge on any atom is 0.326 e. The van der Waals surface area contributed by atoms with Gasteiger partial charge in [-0.3, -0.25) is 4.79 Å². The lowest BCUT2D eigenvalue weighted by atomic mass is 10.0. The van der Waals surface area contributed by atoms with Gasteiger partial charge in [-0.2, -0.15) is 5.26 Å². The van der Waals surface area contributed by atoms with Crippen LogP contribution in [0.4, 0.5) is 4.39 Å². The summed E-state index contributed by atoms with van der Waals surface area (Å²) in [5.74, 6) is -3.15. The van der Waals surface area contributed by atoms with Crippen LogP contribution in [0.15, 0.2) is 53.4 Å². The second-order valence-corrected chi connectivity index (χ2v) is 8.24. The van der Waals surface area contributed by atoms with E-state index in [9.17, 15) is 28.0 Å². The van der Waals surface area contributed by atoms with Crippen LogP contribution < -0.4 is 0 Å². The van der Waals surface area contributed by atoms with Gasteiger partial charge in [0.15, 0.2) is 15.3 Å². The molecular weight excluding hydrogens is 369 g/mol. The van der Waals surface area contributed by atoms with Crippen LogP contribution in [0.1, 0.15) is 11.5 Å². The fraction of sp³-hybridized carbons (Fsp3) is 0.176. The van der Waals surface area contributed by atoms with Gasteiger partial charge in [0.1, 0.15) is 11.1 Å². The molecule has 3 unspecified atom stereocenters. The molecule has 1 N–H and O–H groups in total. The Labute approximate surface area is 148 Å². The molecule has 0 heterocycles. The van der Waals surface area contributed by atoms with Crippen LogP contribution in [0.25, 0.3) is 0 Å². The van der Waals surface area contributed by atoms with E-state index in [1.165, 1.54) is 36.4 Å². The van der Waals surface area contributed by atoms with Crippen LogP contribution >= 0.6 is 11.6 Å². The van der Waals surface area contributed by atoms with Gasteiger partial charge in [-0.15, -0.1) is 0 Å². The van der Waals surface area contributed by atoms with Crippen LogP contribution in [0.5, 0.6) is 0 Å². The summed E-state index contributed by atoms with van der Waals surface area (Å²) in [6.07, 6.45) is 0. The summed E-state index contributed by atoms with van der Waals surface area (Å²) >= 11 is 5.75.